The van der Waals surface area contributed by atoms with Crippen molar-refractivity contribution in [2.45, 2.75) is 250 Å². The second-order valence-electron chi connectivity index (χ2n) is 41.2. The Hall–Kier alpha value is -2.77. The van der Waals surface area contributed by atoms with Crippen molar-refractivity contribution < 1.29 is 64.1 Å². The fraction of sp³-hybridized carbons (Fsp3) is 0.944. The van der Waals surface area contributed by atoms with Crippen LogP contribution in [0, 0.1) is 260 Å². The summed E-state index contributed by atoms with van der Waals surface area (Å²) in [6.45, 7) is 33.8. The summed E-state index contributed by atoms with van der Waals surface area (Å²) in [7, 11) is 1.78. The van der Waals surface area contributed by atoms with Crippen LogP contribution in [0.15, 0.2) is 0 Å². The molecule has 22 saturated carbocycles. The van der Waals surface area contributed by atoms with Crippen LogP contribution in [0.1, 0.15) is 232 Å². The molecule has 24 fully saturated rings. The van der Waals surface area contributed by atoms with Crippen molar-refractivity contribution in [3.63, 3.8) is 0 Å². The molecule has 0 spiro atoms. The minimum Gasteiger partial charge on any atom is -0.481 e. The van der Waals surface area contributed by atoms with Crippen LogP contribution < -0.4 is 0 Å². The molecule has 0 aromatic carbocycles. The van der Waals surface area contributed by atoms with E-state index in [1.54, 1.807) is 7.11 Å². The molecule has 0 aromatic heterocycles. The second kappa shape index (κ2) is 29.6. The van der Waals surface area contributed by atoms with E-state index in [0.29, 0.717) is 83.7 Å². The largest absolute Gasteiger partial charge is 0.481 e. The van der Waals surface area contributed by atoms with Gasteiger partial charge in [-0.2, -0.15) is 0 Å². The molecule has 47 unspecified atom stereocenters. The van der Waals surface area contributed by atoms with E-state index in [-0.39, 0.29) is 29.8 Å². The number of hydrogen-bond acceptors (Lipinski definition) is 8. The van der Waals surface area contributed by atoms with Crippen LogP contribution in [-0.2, 0) is 33.4 Å². The topological polar surface area (TPSA) is 225 Å². The summed E-state index contributed by atoms with van der Waals surface area (Å²) in [4.78, 5) is 55.7. The molecule has 2 saturated heterocycles. The Balaban J connectivity index is 0.000000102. The van der Waals surface area contributed by atoms with E-state index in [9.17, 15) is 39.3 Å². The van der Waals surface area contributed by atoms with Gasteiger partial charge in [-0.1, -0.05) is 96.9 Å². The third kappa shape index (κ3) is 12.9. The number of aliphatic carboxylic acids is 5. The number of rotatable bonds is 8. The summed E-state index contributed by atoms with van der Waals surface area (Å²) in [5.41, 5.74) is 0. The first-order valence-corrected chi connectivity index (χ1v) is 43.4. The van der Waals surface area contributed by atoms with E-state index >= 15 is 0 Å². The first-order chi connectivity index (χ1) is 48.4. The van der Waals surface area contributed by atoms with Crippen LogP contribution in [0.5, 0.6) is 0 Å². The zero-order valence-electron chi connectivity index (χ0n) is 65.7. The van der Waals surface area contributed by atoms with Crippen molar-refractivity contribution in [2.75, 3.05) is 13.7 Å². The average molecular weight is 1420 g/mol. The lowest BCUT2D eigenvalue weighted by molar-refractivity contribution is -0.185. The molecule has 2 aliphatic heterocycles. The molecule has 0 radical (unpaired) electrons. The molecule has 13 heteroatoms. The number of hydrogen-bond donors (Lipinski definition) is 6. The van der Waals surface area contributed by atoms with Crippen LogP contribution in [0.25, 0.3) is 0 Å². The molecular weight excluding hydrogens is 1280 g/mol. The molecule has 102 heavy (non-hydrogen) atoms. The molecular formula is C89H142O13. The second-order valence-corrected chi connectivity index (χ2v) is 41.2. The number of carboxylic acids is 5. The monoisotopic (exact) mass is 1420 g/mol. The van der Waals surface area contributed by atoms with E-state index in [2.05, 4.69) is 96.9 Å². The van der Waals surface area contributed by atoms with E-state index in [1.807, 2.05) is 0 Å². The van der Waals surface area contributed by atoms with Crippen LogP contribution in [0.2, 0.25) is 0 Å². The minimum absolute atomic E-state index is 0.00288. The predicted octanol–water partition coefficient (Wildman–Crippen LogP) is 17.9. The Morgan fingerprint density at radius 3 is 1.18 bits per heavy atom. The Bertz CT molecular complexity index is 3000. The van der Waals surface area contributed by atoms with E-state index < -0.39 is 29.8 Å². The van der Waals surface area contributed by atoms with Gasteiger partial charge >= 0.3 is 29.8 Å². The molecule has 0 amide bonds. The maximum atomic E-state index is 11.6. The maximum Gasteiger partial charge on any atom is 0.306 e. The van der Waals surface area contributed by atoms with Crippen molar-refractivity contribution >= 4 is 29.8 Å². The lowest BCUT2D eigenvalue weighted by Crippen LogP contribution is -2.60. The van der Waals surface area contributed by atoms with Gasteiger partial charge in [0.2, 0.25) is 0 Å². The van der Waals surface area contributed by atoms with E-state index in [1.165, 1.54) is 89.9 Å². The number of aliphatic hydroxyl groups excluding tert-OH is 1. The molecule has 47 atom stereocenters. The van der Waals surface area contributed by atoms with Gasteiger partial charge < -0.3 is 40.1 Å². The van der Waals surface area contributed by atoms with Gasteiger partial charge in [0.1, 0.15) is 0 Å². The van der Waals surface area contributed by atoms with Gasteiger partial charge in [0.05, 0.1) is 48.6 Å². The molecule has 13 nitrogen and oxygen atoms in total. The van der Waals surface area contributed by atoms with Gasteiger partial charge in [-0.05, 0) is 359 Å². The van der Waals surface area contributed by atoms with Crippen LogP contribution in [0.4, 0.5) is 0 Å². The molecule has 2 heterocycles. The van der Waals surface area contributed by atoms with Gasteiger partial charge in [-0.15, -0.1) is 0 Å². The van der Waals surface area contributed by atoms with E-state index in [0.717, 1.165) is 217 Å². The lowest BCUT2D eigenvalue weighted by Gasteiger charge is -2.65. The average Bonchev–Trinajstić information content (AvgIpc) is 1.43. The highest BCUT2D eigenvalue weighted by atomic mass is 16.5. The third-order valence-electron chi connectivity index (χ3n) is 38.9. The first kappa shape index (κ1) is 76.0. The normalized spacial score (nSPS) is 56.6. The highest BCUT2D eigenvalue weighted by molar-refractivity contribution is 5.72. The minimum atomic E-state index is -0.575. The summed E-state index contributed by atoms with van der Waals surface area (Å²) < 4.78 is 11.1. The van der Waals surface area contributed by atoms with E-state index in [4.69, 9.17) is 24.8 Å². The van der Waals surface area contributed by atoms with Crippen molar-refractivity contribution in [1.29, 1.82) is 0 Å². The van der Waals surface area contributed by atoms with Gasteiger partial charge in [0.25, 0.3) is 0 Å². The Morgan fingerprint density at radius 1 is 0.304 bits per heavy atom. The van der Waals surface area contributed by atoms with Crippen LogP contribution in [0.3, 0.4) is 0 Å². The molecule has 0 aromatic rings. The zero-order chi connectivity index (χ0) is 73.0. The Kier molecular flexibility index (Phi) is 22.0. The fourth-order valence-electron chi connectivity index (χ4n) is 32.7. The van der Waals surface area contributed by atoms with Gasteiger partial charge in [-0.3, -0.25) is 24.0 Å². The SMILES string of the molecule is CC1C(C)C2CC1C1C3CC(C(=O)O)C(C3)C21.CC1C(C)C2CC1C1C3CC(CC(=O)O)C(C3)C21.CC1C(C)C2CCC1C1C3CCC(C(C(=O)O)C3)C21.CC1C2CC(C(=O)O)C(C2)C1C.CC1C2CCC(C(C(=O)O)C2)C1C.CC1C2CCC(C(O)C2)C1C.COCC1CC2OC1C(C)C2C. The standard InChI is InChI=1S/C17H26O2.C16H24O2.C15H22O2.C11H18O2.C10H18O2.C10H16O2.C10H18O/c1-8-9(2)12-6-5-11(8)15-10-3-4-13(16(12)15)14(7-10)17(18)19;1-7-8(2)12-6-11(7)15-10-3-9(5-14(17)18)13(4-10)16(12)15;1-6-7(2)10-5-9(6)13-8-3-11(14(10)13)12(4-8)15(16)17;1-6-7(2)9-4-3-8(6)5-10(9)11(12)13;1-6-7(2)10-8(5-11-3)4-9(6)12-10;1-5-6(2)8-3-7(5)4-9(8)10(11)12;1-6-7(2)9-4-3-8(6)5-10(9)11/h8-16H,3-7H2,1-2H3,(H,18,19);7-13,15-16H,3-6H2,1-2H3,(H,17,18);6-14H,3-5H2,1-2H3,(H,16,17);6-10H,3-5H2,1-2H3,(H,12,13);6-10H,4-5H2,1-3H3;5-9H,3-4H2,1-2H3,(H,11,12);6-11H,3-5H2,1-2H3. The summed E-state index contributed by atoms with van der Waals surface area (Å²) in [6, 6.07) is 0. The molecule has 576 valence electrons. The molecule has 20 bridgehead atoms. The van der Waals surface area contributed by atoms with Gasteiger partial charge in [-0.25, -0.2) is 0 Å². The van der Waals surface area contributed by atoms with Crippen LogP contribution >= 0.6 is 0 Å². The third-order valence-corrected chi connectivity index (χ3v) is 38.9. The summed E-state index contributed by atoms with van der Waals surface area (Å²) in [6.07, 6.45) is 25.9. The summed E-state index contributed by atoms with van der Waals surface area (Å²) in [5.74, 6) is 28.1. The van der Waals surface area contributed by atoms with Crippen molar-refractivity contribution in [2.24, 2.45) is 260 Å². The fourth-order valence-corrected chi connectivity index (χ4v) is 32.7. The molecule has 24 rings (SSSR count). The van der Waals surface area contributed by atoms with Gasteiger partial charge in [0, 0.05) is 19.4 Å². The van der Waals surface area contributed by atoms with Crippen LogP contribution in [-0.4, -0.2) is 92.5 Å². The molecule has 22 aliphatic carbocycles. The highest BCUT2D eigenvalue weighted by Crippen LogP contribution is 2.74. The number of aliphatic hydroxyl groups is 1. The quantitative estimate of drug-likeness (QED) is 0.125. The zero-order valence-corrected chi connectivity index (χ0v) is 65.7. The van der Waals surface area contributed by atoms with Crippen molar-refractivity contribution in [1.82, 2.24) is 0 Å². The Labute approximate surface area is 615 Å². The number of carboxylic acid groups (broad SMARTS) is 5. The number of fused-ring (bicyclic) bond motifs is 32. The summed E-state index contributed by atoms with van der Waals surface area (Å²) >= 11 is 0. The first-order valence-electron chi connectivity index (χ1n) is 43.4. The smallest absolute Gasteiger partial charge is 0.306 e. The number of carbonyl (C=O) groups is 5. The van der Waals surface area contributed by atoms with Crippen molar-refractivity contribution in [3.8, 4) is 0 Å². The number of methoxy groups -OCH3 is 1. The maximum absolute atomic E-state index is 11.6. The molecule has 24 aliphatic rings. The molecule has 6 N–H and O–H groups in total. The predicted molar refractivity (Wildman–Crippen MR) is 395 cm³/mol. The Morgan fingerprint density at radius 2 is 0.676 bits per heavy atom. The highest BCUT2D eigenvalue weighted by Gasteiger charge is 2.69. The van der Waals surface area contributed by atoms with Gasteiger partial charge in [0.15, 0.2) is 0 Å². The number of ether oxygens (including phenoxy) is 2. The van der Waals surface area contributed by atoms with Crippen molar-refractivity contribution in [3.05, 3.63) is 0 Å². The lowest BCUT2D eigenvalue weighted by atomic mass is 9.39. The summed E-state index contributed by atoms with van der Waals surface area (Å²) in [5, 5.41) is 55.6.